The standard InChI is InChI=1S/C26H26N4O/c1-26(2,24-10-3-4-12-28-24)18-21(31)16-19-7-5-8-20(15-19)17-25-29-14-11-23(30-25)22-9-6-13-27-22/h3-15,27H,16-18H2,1-2H3. The molecule has 1 aromatic carbocycles. The Bertz CT molecular complexity index is 1150. The number of aromatic amines is 1. The van der Waals surface area contributed by atoms with E-state index in [0.717, 1.165) is 34.0 Å². The lowest BCUT2D eigenvalue weighted by molar-refractivity contribution is -0.119. The zero-order valence-electron chi connectivity index (χ0n) is 17.9. The number of rotatable bonds is 8. The van der Waals surface area contributed by atoms with E-state index in [-0.39, 0.29) is 11.2 Å². The molecular weight excluding hydrogens is 384 g/mol. The minimum atomic E-state index is -0.290. The van der Waals surface area contributed by atoms with Gasteiger partial charge in [-0.3, -0.25) is 9.78 Å². The first-order valence-corrected chi connectivity index (χ1v) is 10.5. The van der Waals surface area contributed by atoms with Crippen LogP contribution in [0.3, 0.4) is 0 Å². The van der Waals surface area contributed by atoms with Gasteiger partial charge in [0.1, 0.15) is 11.6 Å². The van der Waals surface area contributed by atoms with Crippen molar-refractivity contribution >= 4 is 5.78 Å². The van der Waals surface area contributed by atoms with Crippen LogP contribution in [0.5, 0.6) is 0 Å². The van der Waals surface area contributed by atoms with Crippen LogP contribution in [-0.4, -0.2) is 25.7 Å². The number of Topliss-reactive ketones (excluding diaryl/α,β-unsaturated/α-hetero) is 1. The number of carbonyl (C=O) groups excluding carboxylic acids is 1. The van der Waals surface area contributed by atoms with Crippen molar-refractivity contribution in [2.24, 2.45) is 0 Å². The summed E-state index contributed by atoms with van der Waals surface area (Å²) in [7, 11) is 0. The molecule has 156 valence electrons. The third-order valence-corrected chi connectivity index (χ3v) is 5.33. The average Bonchev–Trinajstić information content (AvgIpc) is 3.29. The lowest BCUT2D eigenvalue weighted by Gasteiger charge is -2.23. The third-order valence-electron chi connectivity index (χ3n) is 5.33. The fraction of sp³-hybridized carbons (Fsp3) is 0.231. The Labute approximate surface area is 182 Å². The molecule has 0 saturated heterocycles. The molecule has 0 aliphatic heterocycles. The smallest absolute Gasteiger partial charge is 0.138 e. The van der Waals surface area contributed by atoms with Crippen LogP contribution in [0, 0.1) is 0 Å². The Kier molecular flexibility index (Phi) is 6.03. The highest BCUT2D eigenvalue weighted by molar-refractivity contribution is 5.82. The van der Waals surface area contributed by atoms with E-state index in [0.29, 0.717) is 19.3 Å². The predicted octanol–water partition coefficient (Wildman–Crippen LogP) is 4.94. The Morgan fingerprint density at radius 1 is 0.935 bits per heavy atom. The maximum atomic E-state index is 12.8. The molecule has 5 nitrogen and oxygen atoms in total. The number of nitrogens with zero attached hydrogens (tertiary/aromatic N) is 3. The molecule has 1 N–H and O–H groups in total. The number of aromatic nitrogens is 4. The van der Waals surface area contributed by atoms with Crippen LogP contribution in [0.4, 0.5) is 0 Å². The highest BCUT2D eigenvalue weighted by Gasteiger charge is 2.25. The summed E-state index contributed by atoms with van der Waals surface area (Å²) in [5, 5.41) is 0. The van der Waals surface area contributed by atoms with Gasteiger partial charge in [0.25, 0.3) is 0 Å². The van der Waals surface area contributed by atoms with Gasteiger partial charge in [0, 0.05) is 49.0 Å². The summed E-state index contributed by atoms with van der Waals surface area (Å²) in [6, 6.07) is 19.8. The molecule has 31 heavy (non-hydrogen) atoms. The average molecular weight is 411 g/mol. The molecule has 0 fully saturated rings. The largest absolute Gasteiger partial charge is 0.360 e. The normalized spacial score (nSPS) is 11.4. The first-order chi connectivity index (χ1) is 15.0. The van der Waals surface area contributed by atoms with E-state index in [2.05, 4.69) is 45.9 Å². The SMILES string of the molecule is CC(C)(CC(=O)Cc1cccc(Cc2nccc(-c3ccc[nH]3)n2)c1)c1ccccn1. The van der Waals surface area contributed by atoms with Gasteiger partial charge < -0.3 is 4.98 Å². The first-order valence-electron chi connectivity index (χ1n) is 10.5. The van der Waals surface area contributed by atoms with Gasteiger partial charge in [-0.1, -0.05) is 44.2 Å². The molecule has 3 heterocycles. The van der Waals surface area contributed by atoms with E-state index in [1.54, 1.807) is 12.4 Å². The van der Waals surface area contributed by atoms with Crippen molar-refractivity contribution in [3.63, 3.8) is 0 Å². The van der Waals surface area contributed by atoms with Crippen molar-refractivity contribution in [2.45, 2.75) is 38.5 Å². The van der Waals surface area contributed by atoms with Crippen molar-refractivity contribution in [1.82, 2.24) is 19.9 Å². The lowest BCUT2D eigenvalue weighted by atomic mass is 9.82. The molecule has 0 bridgehead atoms. The molecule has 5 heteroatoms. The Morgan fingerprint density at radius 3 is 2.58 bits per heavy atom. The summed E-state index contributed by atoms with van der Waals surface area (Å²) < 4.78 is 0. The number of pyridine rings is 1. The highest BCUT2D eigenvalue weighted by atomic mass is 16.1. The molecule has 0 spiro atoms. The van der Waals surface area contributed by atoms with Crippen LogP contribution in [0.1, 0.15) is 42.9 Å². The van der Waals surface area contributed by atoms with E-state index in [1.165, 1.54) is 0 Å². The van der Waals surface area contributed by atoms with Crippen LogP contribution in [-0.2, 0) is 23.1 Å². The molecule has 0 radical (unpaired) electrons. The van der Waals surface area contributed by atoms with E-state index in [4.69, 9.17) is 0 Å². The van der Waals surface area contributed by atoms with Crippen molar-refractivity contribution in [2.75, 3.05) is 0 Å². The summed E-state index contributed by atoms with van der Waals surface area (Å²) in [5.41, 5.74) is 4.60. The summed E-state index contributed by atoms with van der Waals surface area (Å²) in [5.74, 6) is 0.963. The summed E-state index contributed by atoms with van der Waals surface area (Å²) in [6.45, 7) is 4.14. The van der Waals surface area contributed by atoms with Crippen LogP contribution >= 0.6 is 0 Å². The van der Waals surface area contributed by atoms with Gasteiger partial charge >= 0.3 is 0 Å². The second kappa shape index (κ2) is 9.04. The van der Waals surface area contributed by atoms with Crippen molar-refractivity contribution < 1.29 is 4.79 Å². The minimum absolute atomic E-state index is 0.206. The second-order valence-corrected chi connectivity index (χ2v) is 8.43. The molecule has 0 atom stereocenters. The van der Waals surface area contributed by atoms with Gasteiger partial charge in [-0.2, -0.15) is 0 Å². The number of ketones is 1. The zero-order valence-corrected chi connectivity index (χ0v) is 17.9. The molecule has 4 rings (SSSR count). The van der Waals surface area contributed by atoms with Crippen LogP contribution in [0.25, 0.3) is 11.4 Å². The quantitative estimate of drug-likeness (QED) is 0.447. The molecule has 0 saturated carbocycles. The monoisotopic (exact) mass is 410 g/mol. The maximum Gasteiger partial charge on any atom is 0.138 e. The Hall–Kier alpha value is -3.60. The highest BCUT2D eigenvalue weighted by Crippen LogP contribution is 2.26. The van der Waals surface area contributed by atoms with Gasteiger partial charge in [-0.15, -0.1) is 0 Å². The molecular formula is C26H26N4O. The van der Waals surface area contributed by atoms with Gasteiger partial charge in [0.2, 0.25) is 0 Å². The number of nitrogens with one attached hydrogen (secondary N) is 1. The van der Waals surface area contributed by atoms with E-state index in [9.17, 15) is 4.79 Å². The summed E-state index contributed by atoms with van der Waals surface area (Å²) >= 11 is 0. The summed E-state index contributed by atoms with van der Waals surface area (Å²) in [4.78, 5) is 29.5. The van der Waals surface area contributed by atoms with Crippen LogP contribution in [0.15, 0.2) is 79.3 Å². The Morgan fingerprint density at radius 2 is 1.81 bits per heavy atom. The molecule has 0 amide bonds. The molecule has 0 aliphatic carbocycles. The second-order valence-electron chi connectivity index (χ2n) is 8.43. The molecule has 0 unspecified atom stereocenters. The topological polar surface area (TPSA) is 71.5 Å². The van der Waals surface area contributed by atoms with Gasteiger partial charge in [0.15, 0.2) is 0 Å². The fourth-order valence-corrected chi connectivity index (χ4v) is 3.79. The lowest BCUT2D eigenvalue weighted by Crippen LogP contribution is -2.24. The van der Waals surface area contributed by atoms with E-state index in [1.807, 2.05) is 54.7 Å². The number of benzene rings is 1. The molecule has 0 aliphatic rings. The van der Waals surface area contributed by atoms with E-state index >= 15 is 0 Å². The number of hydrogen-bond donors (Lipinski definition) is 1. The number of hydrogen-bond acceptors (Lipinski definition) is 4. The van der Waals surface area contributed by atoms with Gasteiger partial charge in [-0.25, -0.2) is 9.97 Å². The molecule has 3 aromatic heterocycles. The van der Waals surface area contributed by atoms with Crippen LogP contribution < -0.4 is 0 Å². The zero-order chi connectivity index (χ0) is 21.7. The third kappa shape index (κ3) is 5.31. The van der Waals surface area contributed by atoms with Gasteiger partial charge in [0.05, 0.1) is 11.4 Å². The summed E-state index contributed by atoms with van der Waals surface area (Å²) in [6.07, 6.45) is 6.93. The number of H-pyrrole nitrogens is 1. The number of carbonyl (C=O) groups is 1. The van der Waals surface area contributed by atoms with Crippen molar-refractivity contribution in [3.05, 3.63) is 102 Å². The predicted molar refractivity (Wildman–Crippen MR) is 122 cm³/mol. The Balaban J connectivity index is 1.43. The minimum Gasteiger partial charge on any atom is -0.360 e. The van der Waals surface area contributed by atoms with Crippen LogP contribution in [0.2, 0.25) is 0 Å². The van der Waals surface area contributed by atoms with E-state index < -0.39 is 0 Å². The fourth-order valence-electron chi connectivity index (χ4n) is 3.79. The van der Waals surface area contributed by atoms with Gasteiger partial charge in [-0.05, 0) is 41.5 Å². The van der Waals surface area contributed by atoms with Crippen molar-refractivity contribution in [3.8, 4) is 11.4 Å². The first kappa shape index (κ1) is 20.7. The molecule has 4 aromatic rings. The maximum absolute atomic E-state index is 12.8. The van der Waals surface area contributed by atoms with Crippen molar-refractivity contribution in [1.29, 1.82) is 0 Å².